The number of amides is 1. The van der Waals surface area contributed by atoms with Gasteiger partial charge in [0.2, 0.25) is 5.91 Å². The highest BCUT2D eigenvalue weighted by molar-refractivity contribution is 7.99. The van der Waals surface area contributed by atoms with Gasteiger partial charge < -0.3 is 15.4 Å². The number of halogens is 2. The molecule has 1 amide bonds. The van der Waals surface area contributed by atoms with Crippen LogP contribution in [-0.4, -0.2) is 37.1 Å². The lowest BCUT2D eigenvalue weighted by atomic mass is 10.2. The van der Waals surface area contributed by atoms with Gasteiger partial charge in [-0.15, -0.1) is 0 Å². The molecule has 0 radical (unpaired) electrons. The van der Waals surface area contributed by atoms with Crippen LogP contribution in [-0.2, 0) is 4.79 Å². The first-order valence-corrected chi connectivity index (χ1v) is 8.15. The van der Waals surface area contributed by atoms with Crippen molar-refractivity contribution in [3.63, 3.8) is 0 Å². The molecule has 0 saturated carbocycles. The summed E-state index contributed by atoms with van der Waals surface area (Å²) in [7, 11) is 1.50. The number of rotatable bonds is 4. The molecule has 2 rings (SSSR count). The van der Waals surface area contributed by atoms with Gasteiger partial charge in [0.1, 0.15) is 0 Å². The van der Waals surface area contributed by atoms with Crippen LogP contribution in [0.1, 0.15) is 6.42 Å². The van der Waals surface area contributed by atoms with Gasteiger partial charge in [0, 0.05) is 36.2 Å². The number of hydrogen-bond acceptors (Lipinski definition) is 4. The zero-order chi connectivity index (χ0) is 14.5. The first kappa shape index (κ1) is 15.8. The highest BCUT2D eigenvalue weighted by Gasteiger charge is 2.17. The second kappa shape index (κ2) is 7.41. The second-order valence-corrected chi connectivity index (χ2v) is 6.42. The summed E-state index contributed by atoms with van der Waals surface area (Å²) in [4.78, 5) is 12.0. The summed E-state index contributed by atoms with van der Waals surface area (Å²) in [5.41, 5.74) is 0.578. The van der Waals surface area contributed by atoms with E-state index in [0.29, 0.717) is 27.9 Å². The maximum Gasteiger partial charge on any atom is 0.225 e. The quantitative estimate of drug-likeness (QED) is 0.888. The molecule has 1 aromatic rings. The fraction of sp³-hybridized carbons (Fsp3) is 0.462. The summed E-state index contributed by atoms with van der Waals surface area (Å²) in [5.74, 6) is 2.42. The summed E-state index contributed by atoms with van der Waals surface area (Å²) in [6, 6.07) is 3.48. The van der Waals surface area contributed by atoms with Gasteiger partial charge in [-0.2, -0.15) is 11.8 Å². The minimum absolute atomic E-state index is 0.0534. The van der Waals surface area contributed by atoms with Gasteiger partial charge in [-0.3, -0.25) is 4.79 Å². The number of thioether (sulfide) groups is 1. The van der Waals surface area contributed by atoms with Gasteiger partial charge in [0.05, 0.1) is 17.2 Å². The largest absolute Gasteiger partial charge is 0.494 e. The van der Waals surface area contributed by atoms with Crippen LogP contribution in [0, 0.1) is 0 Å². The number of benzene rings is 1. The molecular weight excluding hydrogens is 319 g/mol. The molecule has 20 heavy (non-hydrogen) atoms. The fourth-order valence-corrected chi connectivity index (χ4v) is 3.60. The summed E-state index contributed by atoms with van der Waals surface area (Å²) >= 11 is 13.9. The Morgan fingerprint density at radius 2 is 2.20 bits per heavy atom. The summed E-state index contributed by atoms with van der Waals surface area (Å²) in [6.07, 6.45) is 0.439. The molecule has 1 aliphatic heterocycles. The first-order chi connectivity index (χ1) is 9.60. The first-order valence-electron chi connectivity index (χ1n) is 6.24. The van der Waals surface area contributed by atoms with E-state index < -0.39 is 0 Å². The highest BCUT2D eigenvalue weighted by Crippen LogP contribution is 2.35. The molecule has 1 atom stereocenters. The Morgan fingerprint density at radius 1 is 1.50 bits per heavy atom. The average molecular weight is 335 g/mol. The second-order valence-electron chi connectivity index (χ2n) is 4.45. The topological polar surface area (TPSA) is 50.4 Å². The molecule has 1 fully saturated rings. The number of carbonyl (C=O) groups excluding carboxylic acids is 1. The van der Waals surface area contributed by atoms with Crippen LogP contribution in [0.25, 0.3) is 0 Å². The van der Waals surface area contributed by atoms with E-state index in [2.05, 4.69) is 10.6 Å². The van der Waals surface area contributed by atoms with Crippen LogP contribution < -0.4 is 15.4 Å². The lowest BCUT2D eigenvalue weighted by Gasteiger charge is -2.22. The number of anilines is 1. The number of hydrogen-bond donors (Lipinski definition) is 2. The van der Waals surface area contributed by atoms with Gasteiger partial charge in [0.25, 0.3) is 0 Å². The van der Waals surface area contributed by atoms with E-state index in [9.17, 15) is 4.79 Å². The maximum atomic E-state index is 12.0. The van der Waals surface area contributed by atoms with E-state index in [0.717, 1.165) is 18.1 Å². The highest BCUT2D eigenvalue weighted by atomic mass is 35.5. The van der Waals surface area contributed by atoms with Crippen molar-refractivity contribution in [1.82, 2.24) is 5.32 Å². The maximum absolute atomic E-state index is 12.0. The average Bonchev–Trinajstić information content (AvgIpc) is 2.39. The Bertz CT molecular complexity index is 470. The van der Waals surface area contributed by atoms with Gasteiger partial charge in [-0.25, -0.2) is 0 Å². The van der Waals surface area contributed by atoms with Crippen molar-refractivity contribution < 1.29 is 9.53 Å². The van der Waals surface area contributed by atoms with Crippen LogP contribution in [0.3, 0.4) is 0 Å². The molecule has 7 heteroatoms. The standard InChI is InChI=1S/C13H16Cl2N2O2S/c1-19-13-10(14)4-8(5-11(13)15)17-12(18)6-9-7-20-3-2-16-9/h4-5,9,16H,2-3,6-7H2,1H3,(H,17,18)/t9-/m1/s1. The Kier molecular flexibility index (Phi) is 5.84. The molecule has 0 bridgehead atoms. The predicted molar refractivity (Wildman–Crippen MR) is 85.4 cm³/mol. The zero-order valence-corrected chi connectivity index (χ0v) is 13.4. The molecule has 2 N–H and O–H groups in total. The molecule has 1 aliphatic rings. The molecule has 1 heterocycles. The van der Waals surface area contributed by atoms with Crippen molar-refractivity contribution in [1.29, 1.82) is 0 Å². The summed E-state index contributed by atoms with van der Waals surface area (Å²) in [5, 5.41) is 6.89. The Labute approximate surface area is 132 Å². The van der Waals surface area contributed by atoms with Crippen molar-refractivity contribution in [3.8, 4) is 5.75 Å². The van der Waals surface area contributed by atoms with Gasteiger partial charge in [-0.1, -0.05) is 23.2 Å². The molecule has 110 valence electrons. The van der Waals surface area contributed by atoms with Crippen LogP contribution in [0.2, 0.25) is 10.0 Å². The molecule has 0 aliphatic carbocycles. The number of nitrogens with one attached hydrogen (secondary N) is 2. The summed E-state index contributed by atoms with van der Waals surface area (Å²) in [6.45, 7) is 0.947. The smallest absolute Gasteiger partial charge is 0.225 e. The molecule has 0 aromatic heterocycles. The minimum atomic E-state index is -0.0534. The van der Waals surface area contributed by atoms with Crippen molar-refractivity contribution in [2.45, 2.75) is 12.5 Å². The zero-order valence-electron chi connectivity index (χ0n) is 11.0. The fourth-order valence-electron chi connectivity index (χ4n) is 2.01. The monoisotopic (exact) mass is 334 g/mol. The molecule has 1 aromatic carbocycles. The van der Waals surface area contributed by atoms with E-state index in [-0.39, 0.29) is 11.9 Å². The lowest BCUT2D eigenvalue weighted by molar-refractivity contribution is -0.116. The van der Waals surface area contributed by atoms with Crippen LogP contribution in [0.15, 0.2) is 12.1 Å². The van der Waals surface area contributed by atoms with E-state index in [1.54, 1.807) is 12.1 Å². The molecule has 0 unspecified atom stereocenters. The number of carbonyl (C=O) groups is 1. The van der Waals surface area contributed by atoms with E-state index in [1.807, 2.05) is 11.8 Å². The van der Waals surface area contributed by atoms with E-state index in [4.69, 9.17) is 27.9 Å². The van der Waals surface area contributed by atoms with Gasteiger partial charge in [0.15, 0.2) is 5.75 Å². The normalized spacial score (nSPS) is 18.6. The molecular formula is C13H16Cl2N2O2S. The Balaban J connectivity index is 1.97. The van der Waals surface area contributed by atoms with Crippen LogP contribution in [0.5, 0.6) is 5.75 Å². The van der Waals surface area contributed by atoms with E-state index in [1.165, 1.54) is 7.11 Å². The van der Waals surface area contributed by atoms with Gasteiger partial charge >= 0.3 is 0 Å². The summed E-state index contributed by atoms with van der Waals surface area (Å²) < 4.78 is 5.07. The predicted octanol–water partition coefficient (Wildman–Crippen LogP) is 3.04. The Hall–Kier alpha value is -0.620. The van der Waals surface area contributed by atoms with E-state index >= 15 is 0 Å². The minimum Gasteiger partial charge on any atom is -0.494 e. The molecule has 0 spiro atoms. The van der Waals surface area contributed by atoms with Gasteiger partial charge in [-0.05, 0) is 12.1 Å². The molecule has 4 nitrogen and oxygen atoms in total. The van der Waals surface area contributed by atoms with Crippen LogP contribution in [0.4, 0.5) is 5.69 Å². The molecule has 1 saturated heterocycles. The lowest BCUT2D eigenvalue weighted by Crippen LogP contribution is -2.39. The third-order valence-electron chi connectivity index (χ3n) is 2.92. The third kappa shape index (κ3) is 4.19. The van der Waals surface area contributed by atoms with Crippen molar-refractivity contribution >= 4 is 46.6 Å². The number of methoxy groups -OCH3 is 1. The Morgan fingerprint density at radius 3 is 2.75 bits per heavy atom. The number of ether oxygens (including phenoxy) is 1. The third-order valence-corrected chi connectivity index (χ3v) is 4.61. The van der Waals surface area contributed by atoms with Crippen molar-refractivity contribution in [2.75, 3.05) is 30.5 Å². The van der Waals surface area contributed by atoms with Crippen molar-refractivity contribution in [3.05, 3.63) is 22.2 Å². The van der Waals surface area contributed by atoms with Crippen LogP contribution >= 0.6 is 35.0 Å². The van der Waals surface area contributed by atoms with Crippen molar-refractivity contribution in [2.24, 2.45) is 0 Å². The SMILES string of the molecule is COc1c(Cl)cc(NC(=O)C[C@@H]2CSCCN2)cc1Cl.